The van der Waals surface area contributed by atoms with Gasteiger partial charge >= 0.3 is 5.97 Å². The van der Waals surface area contributed by atoms with Crippen molar-refractivity contribution in [2.75, 3.05) is 11.2 Å². The van der Waals surface area contributed by atoms with Gasteiger partial charge in [0.15, 0.2) is 0 Å². The molecule has 0 spiro atoms. The molecule has 4 heteroatoms. The maximum absolute atomic E-state index is 11.5. The fraction of sp³-hybridized carbons (Fsp3) is 0.300. The second-order valence-electron chi connectivity index (χ2n) is 2.70. The number of esters is 1. The van der Waals surface area contributed by atoms with Crippen LogP contribution in [0.1, 0.15) is 10.4 Å². The first-order valence-corrected chi connectivity index (χ1v) is 5.81. The van der Waals surface area contributed by atoms with Crippen molar-refractivity contribution in [3.05, 3.63) is 35.9 Å². The Kier molecular flexibility index (Phi) is 4.98. The summed E-state index contributed by atoms with van der Waals surface area (Å²) in [6, 6.07) is 8.85. The van der Waals surface area contributed by atoms with Gasteiger partial charge in [-0.15, -0.1) is 11.6 Å². The molecule has 0 aliphatic heterocycles. The van der Waals surface area contributed by atoms with Crippen molar-refractivity contribution in [1.29, 1.82) is 0 Å². The Morgan fingerprint density at radius 2 is 2.07 bits per heavy atom. The minimum Gasteiger partial charge on any atom is -0.457 e. The van der Waals surface area contributed by atoms with Crippen molar-refractivity contribution in [3.8, 4) is 0 Å². The third-order valence-corrected chi connectivity index (χ3v) is 2.69. The highest BCUT2D eigenvalue weighted by Gasteiger charge is 2.13. The van der Waals surface area contributed by atoms with Crippen molar-refractivity contribution in [1.82, 2.24) is 0 Å². The summed E-state index contributed by atoms with van der Waals surface area (Å²) < 4.78 is 5.12. The maximum Gasteiger partial charge on any atom is 0.338 e. The number of carbonyl (C=O) groups is 1. The van der Waals surface area contributed by atoms with Gasteiger partial charge in [0, 0.05) is 5.33 Å². The van der Waals surface area contributed by atoms with Gasteiger partial charge < -0.3 is 4.74 Å². The monoisotopic (exact) mass is 276 g/mol. The molecule has 0 aromatic heterocycles. The zero-order valence-corrected chi connectivity index (χ0v) is 9.79. The SMILES string of the molecule is O=C(OC(CCl)CBr)c1ccccc1. The van der Waals surface area contributed by atoms with Gasteiger partial charge in [-0.2, -0.15) is 0 Å². The minimum absolute atomic E-state index is 0.274. The number of ether oxygens (including phenoxy) is 1. The molecule has 0 amide bonds. The van der Waals surface area contributed by atoms with E-state index in [1.165, 1.54) is 0 Å². The molecular weight excluding hydrogens is 267 g/mol. The van der Waals surface area contributed by atoms with E-state index >= 15 is 0 Å². The van der Waals surface area contributed by atoms with Crippen LogP contribution in [0.4, 0.5) is 0 Å². The molecule has 76 valence electrons. The Bertz CT molecular complexity index is 285. The highest BCUT2D eigenvalue weighted by atomic mass is 79.9. The van der Waals surface area contributed by atoms with Crippen LogP contribution in [0.3, 0.4) is 0 Å². The summed E-state index contributed by atoms with van der Waals surface area (Å²) in [7, 11) is 0. The van der Waals surface area contributed by atoms with Crippen LogP contribution in [0.25, 0.3) is 0 Å². The van der Waals surface area contributed by atoms with Crippen LogP contribution in [0.5, 0.6) is 0 Å². The fourth-order valence-corrected chi connectivity index (χ4v) is 1.69. The lowest BCUT2D eigenvalue weighted by Crippen LogP contribution is -2.21. The van der Waals surface area contributed by atoms with Gasteiger partial charge in [0.25, 0.3) is 0 Å². The number of alkyl halides is 2. The molecule has 1 aromatic rings. The van der Waals surface area contributed by atoms with E-state index < -0.39 is 0 Å². The lowest BCUT2D eigenvalue weighted by atomic mass is 10.2. The largest absolute Gasteiger partial charge is 0.457 e. The molecule has 0 aliphatic rings. The van der Waals surface area contributed by atoms with Gasteiger partial charge in [-0.3, -0.25) is 0 Å². The summed E-state index contributed by atoms with van der Waals surface area (Å²) in [5.74, 6) is -0.0419. The Hall–Kier alpha value is -0.540. The van der Waals surface area contributed by atoms with Crippen LogP contribution >= 0.6 is 27.5 Å². The number of halogens is 2. The molecule has 14 heavy (non-hydrogen) atoms. The van der Waals surface area contributed by atoms with Crippen molar-refractivity contribution in [2.24, 2.45) is 0 Å². The quantitative estimate of drug-likeness (QED) is 0.625. The first-order chi connectivity index (χ1) is 6.77. The van der Waals surface area contributed by atoms with E-state index in [1.54, 1.807) is 24.3 Å². The summed E-state index contributed by atoms with van der Waals surface area (Å²) in [5.41, 5.74) is 0.545. The lowest BCUT2D eigenvalue weighted by Gasteiger charge is -2.11. The Morgan fingerprint density at radius 1 is 1.43 bits per heavy atom. The molecule has 2 nitrogen and oxygen atoms in total. The van der Waals surface area contributed by atoms with Gasteiger partial charge in [0.1, 0.15) is 6.10 Å². The van der Waals surface area contributed by atoms with Gasteiger partial charge in [-0.05, 0) is 12.1 Å². The van der Waals surface area contributed by atoms with Gasteiger partial charge in [-0.25, -0.2) is 4.79 Å². The Morgan fingerprint density at radius 3 is 2.57 bits per heavy atom. The highest BCUT2D eigenvalue weighted by Crippen LogP contribution is 2.06. The van der Waals surface area contributed by atoms with E-state index in [0.717, 1.165) is 0 Å². The second kappa shape index (κ2) is 6.04. The topological polar surface area (TPSA) is 26.3 Å². The van der Waals surface area contributed by atoms with Crippen molar-refractivity contribution < 1.29 is 9.53 Å². The molecule has 1 unspecified atom stereocenters. The average molecular weight is 278 g/mol. The summed E-state index contributed by atoms with van der Waals surface area (Å²) in [5, 5.41) is 0.551. The van der Waals surface area contributed by atoms with E-state index in [-0.39, 0.29) is 12.1 Å². The standard InChI is InChI=1S/C10H10BrClO2/c11-6-9(7-12)14-10(13)8-4-2-1-3-5-8/h1-5,9H,6-7H2. The fourth-order valence-electron chi connectivity index (χ4n) is 0.898. The van der Waals surface area contributed by atoms with E-state index in [2.05, 4.69) is 15.9 Å². The molecule has 1 aromatic carbocycles. The van der Waals surface area contributed by atoms with Crippen LogP contribution in [-0.4, -0.2) is 23.3 Å². The Labute approximate surface area is 96.3 Å². The van der Waals surface area contributed by atoms with Crippen LogP contribution in [-0.2, 0) is 4.74 Å². The third-order valence-electron chi connectivity index (χ3n) is 1.63. The first-order valence-electron chi connectivity index (χ1n) is 4.16. The van der Waals surface area contributed by atoms with Crippen LogP contribution in [0, 0.1) is 0 Å². The van der Waals surface area contributed by atoms with E-state index in [1.807, 2.05) is 6.07 Å². The van der Waals surface area contributed by atoms with Gasteiger partial charge in [0.05, 0.1) is 11.4 Å². The molecular formula is C10H10BrClO2. The first kappa shape index (κ1) is 11.5. The molecule has 0 fully saturated rings. The summed E-state index contributed by atoms with van der Waals surface area (Å²) >= 11 is 8.81. The predicted octanol–water partition coefficient (Wildman–Crippen LogP) is 2.85. The van der Waals surface area contributed by atoms with Crippen molar-refractivity contribution >= 4 is 33.5 Å². The van der Waals surface area contributed by atoms with Gasteiger partial charge in [-0.1, -0.05) is 34.1 Å². The number of benzene rings is 1. The highest BCUT2D eigenvalue weighted by molar-refractivity contribution is 9.09. The normalized spacial score (nSPS) is 12.1. The number of rotatable bonds is 4. The zero-order valence-electron chi connectivity index (χ0n) is 7.45. The molecule has 1 atom stereocenters. The van der Waals surface area contributed by atoms with Crippen LogP contribution in [0.15, 0.2) is 30.3 Å². The minimum atomic E-state index is -0.337. The molecule has 0 N–H and O–H groups in total. The van der Waals surface area contributed by atoms with Crippen molar-refractivity contribution in [2.45, 2.75) is 6.10 Å². The Balaban J connectivity index is 2.59. The molecule has 1 rings (SSSR count). The molecule has 0 saturated heterocycles. The lowest BCUT2D eigenvalue weighted by molar-refractivity contribution is 0.0393. The third kappa shape index (κ3) is 3.31. The van der Waals surface area contributed by atoms with Crippen molar-refractivity contribution in [3.63, 3.8) is 0 Å². The number of hydrogen-bond donors (Lipinski definition) is 0. The van der Waals surface area contributed by atoms with E-state index in [4.69, 9.17) is 16.3 Å². The summed E-state index contributed by atoms with van der Waals surface area (Å²) in [4.78, 5) is 11.5. The molecule has 0 bridgehead atoms. The summed E-state index contributed by atoms with van der Waals surface area (Å²) in [6.45, 7) is 0. The molecule has 0 saturated carbocycles. The molecule has 0 radical (unpaired) electrons. The second-order valence-corrected chi connectivity index (χ2v) is 3.66. The molecule has 0 heterocycles. The smallest absolute Gasteiger partial charge is 0.338 e. The maximum atomic E-state index is 11.5. The predicted molar refractivity (Wildman–Crippen MR) is 60.2 cm³/mol. The van der Waals surface area contributed by atoms with E-state index in [9.17, 15) is 4.79 Å². The molecule has 0 aliphatic carbocycles. The average Bonchev–Trinajstić information content (AvgIpc) is 2.26. The van der Waals surface area contributed by atoms with Crippen LogP contribution in [0.2, 0.25) is 0 Å². The number of carbonyl (C=O) groups excluding carboxylic acids is 1. The van der Waals surface area contributed by atoms with Gasteiger partial charge in [0.2, 0.25) is 0 Å². The zero-order chi connectivity index (χ0) is 10.4. The van der Waals surface area contributed by atoms with Crippen LogP contribution < -0.4 is 0 Å². The summed E-state index contributed by atoms with van der Waals surface area (Å²) in [6.07, 6.45) is -0.274. The van der Waals surface area contributed by atoms with E-state index in [0.29, 0.717) is 16.8 Å². The number of hydrogen-bond acceptors (Lipinski definition) is 2.